The Balaban J connectivity index is 3.70. The fraction of sp³-hybridized carbons (Fsp3) is 1.00. The van der Waals surface area contributed by atoms with Crippen molar-refractivity contribution in [2.75, 3.05) is 20.4 Å². The summed E-state index contributed by atoms with van der Waals surface area (Å²) in [5.74, 6) is 0. The van der Waals surface area contributed by atoms with Gasteiger partial charge < -0.3 is 9.05 Å². The molecule has 3 nitrogen and oxygen atoms in total. The maximum atomic E-state index is 11.3. The van der Waals surface area contributed by atoms with Crippen molar-refractivity contribution in [3.05, 3.63) is 0 Å². The zero-order valence-electron chi connectivity index (χ0n) is 6.79. The monoisotopic (exact) mass is 166 g/mol. The first-order valence-corrected chi connectivity index (χ1v) is 5.12. The van der Waals surface area contributed by atoms with Gasteiger partial charge in [0.15, 0.2) is 0 Å². The van der Waals surface area contributed by atoms with Crippen LogP contribution in [0.2, 0.25) is 0 Å². The Bertz CT molecular complexity index is 116. The Morgan fingerprint density at radius 2 is 1.80 bits per heavy atom. The Labute approximate surface area is 62.3 Å². The van der Waals surface area contributed by atoms with E-state index >= 15 is 0 Å². The third-order valence-corrected chi connectivity index (χ3v) is 3.32. The van der Waals surface area contributed by atoms with Crippen LogP contribution < -0.4 is 0 Å². The molecule has 0 amide bonds. The van der Waals surface area contributed by atoms with Crippen LogP contribution >= 0.6 is 7.60 Å². The summed E-state index contributed by atoms with van der Waals surface area (Å²) < 4.78 is 20.7. The molecule has 0 radical (unpaired) electrons. The first-order valence-electron chi connectivity index (χ1n) is 3.39. The van der Waals surface area contributed by atoms with Gasteiger partial charge in [-0.25, -0.2) is 0 Å². The maximum absolute atomic E-state index is 11.3. The van der Waals surface area contributed by atoms with Crippen LogP contribution in [0.25, 0.3) is 0 Å². The lowest BCUT2D eigenvalue weighted by atomic mass is 10.4. The van der Waals surface area contributed by atoms with Gasteiger partial charge in [0.05, 0.1) is 6.16 Å². The van der Waals surface area contributed by atoms with Gasteiger partial charge in [-0.3, -0.25) is 4.57 Å². The lowest BCUT2D eigenvalue weighted by Crippen LogP contribution is -1.93. The van der Waals surface area contributed by atoms with E-state index in [0.717, 1.165) is 12.8 Å². The molecule has 0 aromatic rings. The smallest absolute Gasteiger partial charge is 0.312 e. The summed E-state index contributed by atoms with van der Waals surface area (Å²) in [4.78, 5) is 0. The molecule has 62 valence electrons. The highest BCUT2D eigenvalue weighted by atomic mass is 31.2. The summed E-state index contributed by atoms with van der Waals surface area (Å²) in [6.45, 7) is 2.04. The second-order valence-electron chi connectivity index (χ2n) is 2.05. The van der Waals surface area contributed by atoms with Crippen molar-refractivity contribution in [2.24, 2.45) is 0 Å². The van der Waals surface area contributed by atoms with E-state index in [1.165, 1.54) is 14.2 Å². The number of hydrogen-bond donors (Lipinski definition) is 0. The summed E-state index contributed by atoms with van der Waals surface area (Å²) >= 11 is 0. The van der Waals surface area contributed by atoms with Gasteiger partial charge in [-0.05, 0) is 6.42 Å². The van der Waals surface area contributed by atoms with E-state index in [4.69, 9.17) is 9.05 Å². The second-order valence-corrected chi connectivity index (χ2v) is 4.45. The fourth-order valence-electron chi connectivity index (χ4n) is 0.609. The molecule has 0 bridgehead atoms. The Hall–Kier alpha value is 0.150. The molecule has 0 aliphatic rings. The molecule has 0 heterocycles. The third kappa shape index (κ3) is 3.35. The van der Waals surface area contributed by atoms with Crippen molar-refractivity contribution >= 4 is 7.60 Å². The van der Waals surface area contributed by atoms with Gasteiger partial charge in [0.25, 0.3) is 0 Å². The Kier molecular flexibility index (Phi) is 4.96. The van der Waals surface area contributed by atoms with Gasteiger partial charge in [0, 0.05) is 14.2 Å². The number of hydrogen-bond acceptors (Lipinski definition) is 3. The molecule has 0 saturated heterocycles. The predicted molar refractivity (Wildman–Crippen MR) is 41.4 cm³/mol. The third-order valence-electron chi connectivity index (χ3n) is 1.34. The zero-order chi connectivity index (χ0) is 8.04. The summed E-state index contributed by atoms with van der Waals surface area (Å²) in [5.41, 5.74) is 0. The van der Waals surface area contributed by atoms with Crippen LogP contribution in [-0.2, 0) is 13.6 Å². The first kappa shape index (κ1) is 10.2. The summed E-state index contributed by atoms with van der Waals surface area (Å²) in [5, 5.41) is 0. The second kappa shape index (κ2) is 4.89. The van der Waals surface area contributed by atoms with Crippen LogP contribution in [-0.4, -0.2) is 20.4 Å². The van der Waals surface area contributed by atoms with E-state index in [1.807, 2.05) is 6.92 Å². The largest absolute Gasteiger partial charge is 0.330 e. The van der Waals surface area contributed by atoms with Crippen LogP contribution in [0.15, 0.2) is 0 Å². The minimum atomic E-state index is -2.70. The minimum absolute atomic E-state index is 0.524. The highest BCUT2D eigenvalue weighted by molar-refractivity contribution is 7.53. The lowest BCUT2D eigenvalue weighted by molar-refractivity contribution is 0.275. The van der Waals surface area contributed by atoms with E-state index in [0.29, 0.717) is 6.16 Å². The number of rotatable bonds is 5. The van der Waals surface area contributed by atoms with Crippen LogP contribution in [0.4, 0.5) is 0 Å². The molecule has 0 aliphatic heterocycles. The molecule has 0 atom stereocenters. The molecule has 10 heavy (non-hydrogen) atoms. The molecule has 0 fully saturated rings. The van der Waals surface area contributed by atoms with Gasteiger partial charge in [-0.1, -0.05) is 13.3 Å². The zero-order valence-corrected chi connectivity index (χ0v) is 7.69. The molecule has 0 aromatic carbocycles. The van der Waals surface area contributed by atoms with Crippen molar-refractivity contribution < 1.29 is 13.6 Å². The van der Waals surface area contributed by atoms with Gasteiger partial charge >= 0.3 is 7.60 Å². The van der Waals surface area contributed by atoms with Crippen LogP contribution in [0, 0.1) is 0 Å². The Morgan fingerprint density at radius 3 is 2.10 bits per heavy atom. The van der Waals surface area contributed by atoms with Gasteiger partial charge in [-0.15, -0.1) is 0 Å². The molecule has 0 spiro atoms. The van der Waals surface area contributed by atoms with Crippen molar-refractivity contribution in [1.29, 1.82) is 0 Å². The van der Waals surface area contributed by atoms with Crippen molar-refractivity contribution in [3.63, 3.8) is 0 Å². The highest BCUT2D eigenvalue weighted by Crippen LogP contribution is 2.46. The van der Waals surface area contributed by atoms with Gasteiger partial charge in [-0.2, -0.15) is 0 Å². The molecular weight excluding hydrogens is 151 g/mol. The van der Waals surface area contributed by atoms with Gasteiger partial charge in [0.2, 0.25) is 0 Å². The topological polar surface area (TPSA) is 35.5 Å². The molecule has 0 aliphatic carbocycles. The van der Waals surface area contributed by atoms with Crippen LogP contribution in [0.5, 0.6) is 0 Å². The Morgan fingerprint density at radius 1 is 1.30 bits per heavy atom. The summed E-state index contributed by atoms with van der Waals surface area (Å²) in [6.07, 6.45) is 2.42. The van der Waals surface area contributed by atoms with Crippen molar-refractivity contribution in [1.82, 2.24) is 0 Å². The average molecular weight is 166 g/mol. The highest BCUT2D eigenvalue weighted by Gasteiger charge is 2.18. The first-order chi connectivity index (χ1) is 4.68. The quantitative estimate of drug-likeness (QED) is 0.587. The summed E-state index contributed by atoms with van der Waals surface area (Å²) in [6, 6.07) is 0. The normalized spacial score (nSPS) is 11.9. The molecule has 0 saturated carbocycles. The maximum Gasteiger partial charge on any atom is 0.330 e. The summed E-state index contributed by atoms with van der Waals surface area (Å²) in [7, 11) is 0.136. The molecule has 0 N–H and O–H groups in total. The molecular formula is C6H15O3P. The molecule has 0 unspecified atom stereocenters. The van der Waals surface area contributed by atoms with Crippen LogP contribution in [0.3, 0.4) is 0 Å². The average Bonchev–Trinajstić information content (AvgIpc) is 2.00. The van der Waals surface area contributed by atoms with Crippen molar-refractivity contribution in [3.8, 4) is 0 Å². The van der Waals surface area contributed by atoms with Gasteiger partial charge in [0.1, 0.15) is 0 Å². The van der Waals surface area contributed by atoms with E-state index in [1.54, 1.807) is 0 Å². The number of unbranched alkanes of at least 4 members (excludes halogenated alkanes) is 1. The standard InChI is InChI=1S/C6H15O3P/c1-4-5-6-10(7,8-2)9-3/h4-6H2,1-3H3. The van der Waals surface area contributed by atoms with Crippen molar-refractivity contribution in [2.45, 2.75) is 19.8 Å². The van der Waals surface area contributed by atoms with E-state index < -0.39 is 7.60 Å². The van der Waals surface area contributed by atoms with E-state index in [2.05, 4.69) is 0 Å². The molecule has 0 aromatic heterocycles. The van der Waals surface area contributed by atoms with E-state index in [9.17, 15) is 4.57 Å². The SMILES string of the molecule is CCCCP(=O)(OC)OC. The molecule has 0 rings (SSSR count). The minimum Gasteiger partial charge on any atom is -0.312 e. The van der Waals surface area contributed by atoms with E-state index in [-0.39, 0.29) is 0 Å². The van der Waals surface area contributed by atoms with Crippen LogP contribution in [0.1, 0.15) is 19.8 Å². The predicted octanol–water partition coefficient (Wildman–Crippen LogP) is 2.27. The fourth-order valence-corrected chi connectivity index (χ4v) is 1.83. The molecule has 4 heteroatoms. The lowest BCUT2D eigenvalue weighted by Gasteiger charge is -2.11.